The number of halogens is 1. The third kappa shape index (κ3) is 3.30. The molecule has 0 spiro atoms. The lowest BCUT2D eigenvalue weighted by Crippen LogP contribution is -2.43. The highest BCUT2D eigenvalue weighted by Gasteiger charge is 2.37. The van der Waals surface area contributed by atoms with E-state index in [-0.39, 0.29) is 12.1 Å². The Bertz CT molecular complexity index is 668. The van der Waals surface area contributed by atoms with Crippen molar-refractivity contribution < 1.29 is 4.79 Å². The molecule has 5 nitrogen and oxygen atoms in total. The molecule has 1 fully saturated rings. The third-order valence-corrected chi connectivity index (χ3v) is 5.58. The molecular formula is C18H23BrN4O. The number of hydrogen-bond acceptors (Lipinski definition) is 4. The van der Waals surface area contributed by atoms with Crippen LogP contribution in [0.2, 0.25) is 0 Å². The molecule has 0 aromatic heterocycles. The molecule has 1 aromatic rings. The molecule has 3 aliphatic rings. The number of hydrogen-bond donors (Lipinski definition) is 2. The van der Waals surface area contributed by atoms with Crippen LogP contribution in [0.1, 0.15) is 26.2 Å². The Morgan fingerprint density at radius 2 is 2.08 bits per heavy atom. The first-order valence-electron chi connectivity index (χ1n) is 8.63. The zero-order valence-electron chi connectivity index (χ0n) is 13.9. The van der Waals surface area contributed by atoms with Gasteiger partial charge in [-0.2, -0.15) is 0 Å². The van der Waals surface area contributed by atoms with Crippen molar-refractivity contribution in [3.63, 3.8) is 0 Å². The summed E-state index contributed by atoms with van der Waals surface area (Å²) in [6.07, 6.45) is 3.67. The molecule has 1 unspecified atom stereocenters. The topological polar surface area (TPSA) is 47.6 Å². The average Bonchev–Trinajstić information content (AvgIpc) is 3.32. The lowest BCUT2D eigenvalue weighted by molar-refractivity contribution is -0.128. The van der Waals surface area contributed by atoms with Gasteiger partial charge in [0.2, 0.25) is 5.91 Å². The van der Waals surface area contributed by atoms with E-state index >= 15 is 0 Å². The van der Waals surface area contributed by atoms with Crippen molar-refractivity contribution in [2.75, 3.05) is 25.0 Å². The molecule has 128 valence electrons. The van der Waals surface area contributed by atoms with Gasteiger partial charge in [0.25, 0.3) is 0 Å². The molecule has 0 saturated heterocycles. The zero-order valence-corrected chi connectivity index (χ0v) is 15.5. The van der Waals surface area contributed by atoms with Gasteiger partial charge in [-0.3, -0.25) is 4.79 Å². The van der Waals surface area contributed by atoms with Crippen LogP contribution in [-0.4, -0.2) is 41.6 Å². The van der Waals surface area contributed by atoms with E-state index in [0.29, 0.717) is 6.54 Å². The van der Waals surface area contributed by atoms with E-state index in [2.05, 4.69) is 43.8 Å². The lowest BCUT2D eigenvalue weighted by Gasteiger charge is -2.30. The van der Waals surface area contributed by atoms with E-state index < -0.39 is 0 Å². The number of benzene rings is 1. The summed E-state index contributed by atoms with van der Waals surface area (Å²) in [6, 6.07) is 8.22. The molecule has 0 bridgehead atoms. The SMILES string of the molecule is CC(=O)N1CCC2=C(C1)C(Nc1ccc(Br)cc1)NN2CC1CC1. The Hall–Kier alpha value is -1.53. The molecule has 6 heteroatoms. The summed E-state index contributed by atoms with van der Waals surface area (Å²) in [6.45, 7) is 4.28. The zero-order chi connectivity index (χ0) is 16.7. The fourth-order valence-electron chi connectivity index (χ4n) is 3.48. The van der Waals surface area contributed by atoms with Crippen molar-refractivity contribution in [2.24, 2.45) is 5.92 Å². The highest BCUT2D eigenvalue weighted by molar-refractivity contribution is 9.10. The molecule has 1 aliphatic carbocycles. The average molecular weight is 391 g/mol. The minimum Gasteiger partial charge on any atom is -0.365 e. The Balaban J connectivity index is 1.55. The summed E-state index contributed by atoms with van der Waals surface area (Å²) in [5, 5.41) is 5.92. The predicted octanol–water partition coefficient (Wildman–Crippen LogP) is 2.92. The molecule has 1 amide bonds. The van der Waals surface area contributed by atoms with Gasteiger partial charge in [0.1, 0.15) is 6.17 Å². The van der Waals surface area contributed by atoms with Crippen LogP contribution in [0.5, 0.6) is 0 Å². The number of amides is 1. The van der Waals surface area contributed by atoms with Crippen LogP contribution < -0.4 is 10.7 Å². The summed E-state index contributed by atoms with van der Waals surface area (Å²) < 4.78 is 1.07. The first-order valence-corrected chi connectivity index (χ1v) is 9.42. The van der Waals surface area contributed by atoms with Gasteiger partial charge < -0.3 is 15.2 Å². The standard InChI is InChI=1S/C18H23BrN4O/c1-12(24)22-9-8-17-16(11-22)18(21-23(17)10-13-2-3-13)20-15-6-4-14(19)5-7-15/h4-7,13,18,20-21H,2-3,8-11H2,1H3. The summed E-state index contributed by atoms with van der Waals surface area (Å²) in [7, 11) is 0. The number of rotatable bonds is 4. The van der Waals surface area contributed by atoms with E-state index in [1.807, 2.05) is 17.0 Å². The molecule has 2 heterocycles. The molecule has 1 saturated carbocycles. The van der Waals surface area contributed by atoms with Crippen molar-refractivity contribution in [2.45, 2.75) is 32.4 Å². The molecule has 1 atom stereocenters. The summed E-state index contributed by atoms with van der Waals surface area (Å²) in [5.41, 5.74) is 7.39. The summed E-state index contributed by atoms with van der Waals surface area (Å²) in [5.74, 6) is 0.980. The predicted molar refractivity (Wildman–Crippen MR) is 98.0 cm³/mol. The van der Waals surface area contributed by atoms with Gasteiger partial charge >= 0.3 is 0 Å². The monoisotopic (exact) mass is 390 g/mol. The van der Waals surface area contributed by atoms with E-state index in [4.69, 9.17) is 0 Å². The molecule has 24 heavy (non-hydrogen) atoms. The third-order valence-electron chi connectivity index (χ3n) is 5.05. The van der Waals surface area contributed by atoms with Crippen LogP contribution in [-0.2, 0) is 4.79 Å². The number of carbonyl (C=O) groups excluding carboxylic acids is 1. The van der Waals surface area contributed by atoms with Gasteiger partial charge in [0, 0.05) is 54.4 Å². The Kier molecular flexibility index (Phi) is 4.26. The molecule has 2 aliphatic heterocycles. The maximum atomic E-state index is 11.8. The number of hydrazine groups is 1. The van der Waals surface area contributed by atoms with Crippen molar-refractivity contribution in [3.8, 4) is 0 Å². The molecule has 1 aromatic carbocycles. The van der Waals surface area contributed by atoms with Crippen LogP contribution in [0.25, 0.3) is 0 Å². The van der Waals surface area contributed by atoms with Crippen molar-refractivity contribution in [1.29, 1.82) is 0 Å². The second-order valence-corrected chi connectivity index (χ2v) is 7.85. The fourth-order valence-corrected chi connectivity index (χ4v) is 3.74. The van der Waals surface area contributed by atoms with E-state index in [9.17, 15) is 4.79 Å². The first kappa shape index (κ1) is 16.0. The minimum absolute atomic E-state index is 0.0575. The molecule has 2 N–H and O–H groups in total. The number of nitrogens with one attached hydrogen (secondary N) is 2. The van der Waals surface area contributed by atoms with E-state index in [1.165, 1.54) is 24.1 Å². The van der Waals surface area contributed by atoms with Crippen LogP contribution >= 0.6 is 15.9 Å². The number of anilines is 1. The van der Waals surface area contributed by atoms with E-state index in [0.717, 1.165) is 35.6 Å². The number of carbonyl (C=O) groups is 1. The minimum atomic E-state index is 0.0575. The second-order valence-electron chi connectivity index (χ2n) is 6.93. The molecular weight excluding hydrogens is 368 g/mol. The Morgan fingerprint density at radius 1 is 1.33 bits per heavy atom. The van der Waals surface area contributed by atoms with Crippen LogP contribution in [0, 0.1) is 5.92 Å². The van der Waals surface area contributed by atoms with E-state index in [1.54, 1.807) is 6.92 Å². The van der Waals surface area contributed by atoms with Gasteiger partial charge in [-0.15, -0.1) is 0 Å². The van der Waals surface area contributed by atoms with Crippen molar-refractivity contribution >= 4 is 27.5 Å². The Labute approximate surface area is 151 Å². The van der Waals surface area contributed by atoms with Gasteiger partial charge in [0.05, 0.1) is 0 Å². The first-order chi connectivity index (χ1) is 11.6. The van der Waals surface area contributed by atoms with Gasteiger partial charge in [-0.25, -0.2) is 5.43 Å². The normalized spacial score (nSPS) is 23.5. The number of nitrogens with zero attached hydrogens (tertiary/aromatic N) is 2. The largest absolute Gasteiger partial charge is 0.365 e. The van der Waals surface area contributed by atoms with Crippen molar-refractivity contribution in [3.05, 3.63) is 40.0 Å². The molecule has 4 rings (SSSR count). The van der Waals surface area contributed by atoms with Crippen LogP contribution in [0.15, 0.2) is 40.0 Å². The smallest absolute Gasteiger partial charge is 0.219 e. The maximum Gasteiger partial charge on any atom is 0.219 e. The van der Waals surface area contributed by atoms with Gasteiger partial charge in [-0.1, -0.05) is 15.9 Å². The second kappa shape index (κ2) is 6.41. The van der Waals surface area contributed by atoms with Gasteiger partial charge in [0.15, 0.2) is 0 Å². The highest BCUT2D eigenvalue weighted by atomic mass is 79.9. The maximum absolute atomic E-state index is 11.8. The molecule has 0 radical (unpaired) electrons. The van der Waals surface area contributed by atoms with Crippen molar-refractivity contribution in [1.82, 2.24) is 15.3 Å². The van der Waals surface area contributed by atoms with Gasteiger partial charge in [-0.05, 0) is 43.0 Å². The Morgan fingerprint density at radius 3 is 2.75 bits per heavy atom. The quantitative estimate of drug-likeness (QED) is 0.829. The highest BCUT2D eigenvalue weighted by Crippen LogP contribution is 2.35. The lowest BCUT2D eigenvalue weighted by atomic mass is 10.0. The van der Waals surface area contributed by atoms with Crippen LogP contribution in [0.3, 0.4) is 0 Å². The van der Waals surface area contributed by atoms with Crippen LogP contribution in [0.4, 0.5) is 5.69 Å². The fraction of sp³-hybridized carbons (Fsp3) is 0.500. The summed E-state index contributed by atoms with van der Waals surface area (Å²) >= 11 is 3.48. The summed E-state index contributed by atoms with van der Waals surface area (Å²) in [4.78, 5) is 13.7.